The van der Waals surface area contributed by atoms with Gasteiger partial charge in [0.05, 0.1) is 19.1 Å². The van der Waals surface area contributed by atoms with Crippen LogP contribution in [-0.4, -0.2) is 83.0 Å². The van der Waals surface area contributed by atoms with E-state index >= 15 is 0 Å². The maximum absolute atomic E-state index is 13.7. The summed E-state index contributed by atoms with van der Waals surface area (Å²) in [5, 5.41) is 0.517. The lowest BCUT2D eigenvalue weighted by molar-refractivity contribution is 0.0985. The number of aromatic nitrogens is 1. The molecule has 1 aromatic heterocycles. The molecule has 0 unspecified atom stereocenters. The van der Waals surface area contributed by atoms with Crippen LogP contribution in [-0.2, 0) is 10.0 Å². The molecule has 3 aromatic rings. The molecule has 0 N–H and O–H groups in total. The van der Waals surface area contributed by atoms with Gasteiger partial charge in [-0.2, -0.15) is 4.31 Å². The summed E-state index contributed by atoms with van der Waals surface area (Å²) in [5.74, 6) is 1.53. The predicted molar refractivity (Wildman–Crippen MR) is 147 cm³/mol. The second-order valence-corrected chi connectivity index (χ2v) is 12.4. The zero-order valence-electron chi connectivity index (χ0n) is 21.9. The third-order valence-electron chi connectivity index (χ3n) is 6.63. The molecule has 0 radical (unpaired) electrons. The van der Waals surface area contributed by atoms with E-state index in [0.29, 0.717) is 59.8 Å². The van der Waals surface area contributed by atoms with Gasteiger partial charge >= 0.3 is 0 Å². The molecule has 1 saturated heterocycles. The SMILES string of the molecule is COc1ccc(OC)c2sc(N(CCN(C)C)C(=O)c3ccc(S(=O)(=O)N4CCC(C)CC4)cc3)nc12. The van der Waals surface area contributed by atoms with Crippen molar-refractivity contribution in [3.8, 4) is 11.5 Å². The molecule has 200 valence electrons. The second-order valence-electron chi connectivity index (χ2n) is 9.52. The highest BCUT2D eigenvalue weighted by molar-refractivity contribution is 7.89. The van der Waals surface area contributed by atoms with E-state index in [0.717, 1.165) is 17.5 Å². The maximum Gasteiger partial charge on any atom is 0.260 e. The molecule has 37 heavy (non-hydrogen) atoms. The molecule has 1 aliphatic rings. The van der Waals surface area contributed by atoms with Crippen molar-refractivity contribution in [2.45, 2.75) is 24.7 Å². The molecule has 0 spiro atoms. The molecular weight excluding hydrogens is 512 g/mol. The van der Waals surface area contributed by atoms with Crippen molar-refractivity contribution in [2.75, 3.05) is 59.4 Å². The number of ether oxygens (including phenoxy) is 2. The summed E-state index contributed by atoms with van der Waals surface area (Å²) < 4.78 is 39.6. The average molecular weight is 547 g/mol. The van der Waals surface area contributed by atoms with Crippen LogP contribution in [0.2, 0.25) is 0 Å². The van der Waals surface area contributed by atoms with Crippen molar-refractivity contribution in [2.24, 2.45) is 5.92 Å². The van der Waals surface area contributed by atoms with Crippen LogP contribution in [0, 0.1) is 5.92 Å². The highest BCUT2D eigenvalue weighted by Gasteiger charge is 2.29. The molecule has 2 aromatic carbocycles. The molecule has 0 saturated carbocycles. The number of sulfonamides is 1. The van der Waals surface area contributed by atoms with Crippen LogP contribution >= 0.6 is 11.3 Å². The van der Waals surface area contributed by atoms with E-state index in [1.165, 1.54) is 27.8 Å². The first kappa shape index (κ1) is 27.3. The van der Waals surface area contributed by atoms with Crippen LogP contribution in [0.4, 0.5) is 5.13 Å². The van der Waals surface area contributed by atoms with Gasteiger partial charge in [-0.05, 0) is 69.3 Å². The zero-order chi connectivity index (χ0) is 26.7. The molecule has 1 aliphatic heterocycles. The molecule has 4 rings (SSSR count). The lowest BCUT2D eigenvalue weighted by Crippen LogP contribution is -2.38. The summed E-state index contributed by atoms with van der Waals surface area (Å²) >= 11 is 1.36. The third-order valence-corrected chi connectivity index (χ3v) is 9.63. The molecule has 0 atom stereocenters. The largest absolute Gasteiger partial charge is 0.495 e. The molecular formula is C26H34N4O5S2. The van der Waals surface area contributed by atoms with Gasteiger partial charge in [-0.3, -0.25) is 9.69 Å². The Kier molecular flexibility index (Phi) is 8.37. The number of carbonyl (C=O) groups is 1. The van der Waals surface area contributed by atoms with E-state index in [1.807, 2.05) is 25.1 Å². The summed E-state index contributed by atoms with van der Waals surface area (Å²) in [6, 6.07) is 9.82. The number of likely N-dealkylation sites (N-methyl/N-ethyl adjacent to an activating group) is 1. The summed E-state index contributed by atoms with van der Waals surface area (Å²) in [7, 11) is 3.46. The number of hydrogen-bond acceptors (Lipinski definition) is 8. The Morgan fingerprint density at radius 3 is 2.24 bits per heavy atom. The standard InChI is InChI=1S/C26H34N4O5S2/c1-18-12-14-29(15-13-18)37(32,33)20-8-6-19(7-9-20)25(31)30(17-16-28(2)3)26-27-23-21(34-4)10-11-22(35-5)24(23)36-26/h6-11,18H,12-17H2,1-5H3. The van der Waals surface area contributed by atoms with E-state index in [4.69, 9.17) is 14.5 Å². The second kappa shape index (κ2) is 11.3. The Hall–Kier alpha value is -2.73. The molecule has 0 aliphatic carbocycles. The highest BCUT2D eigenvalue weighted by atomic mass is 32.2. The smallest absolute Gasteiger partial charge is 0.260 e. The molecule has 1 fully saturated rings. The Balaban J connectivity index is 1.65. The van der Waals surface area contributed by atoms with Crippen molar-refractivity contribution >= 4 is 42.6 Å². The maximum atomic E-state index is 13.7. The third kappa shape index (κ3) is 5.74. The number of nitrogens with zero attached hydrogens (tertiary/aromatic N) is 4. The molecule has 0 bridgehead atoms. The fraction of sp³-hybridized carbons (Fsp3) is 0.462. The molecule has 9 nitrogen and oxygen atoms in total. The first-order chi connectivity index (χ1) is 17.6. The van der Waals surface area contributed by atoms with Crippen LogP contribution in [0.3, 0.4) is 0 Å². The Morgan fingerprint density at radius 1 is 1.03 bits per heavy atom. The number of methoxy groups -OCH3 is 2. The predicted octanol–water partition coefficient (Wildman–Crippen LogP) is 3.94. The minimum absolute atomic E-state index is 0.202. The molecule has 11 heteroatoms. The van der Waals surface area contributed by atoms with Gasteiger partial charge in [0.1, 0.15) is 21.7 Å². The van der Waals surface area contributed by atoms with Crippen molar-refractivity contribution in [3.63, 3.8) is 0 Å². The molecule has 1 amide bonds. The summed E-state index contributed by atoms with van der Waals surface area (Å²) in [4.78, 5) is 22.2. The number of rotatable bonds is 9. The number of thiazole rings is 1. The highest BCUT2D eigenvalue weighted by Crippen LogP contribution is 2.40. The van der Waals surface area contributed by atoms with Gasteiger partial charge in [0.15, 0.2) is 5.13 Å². The number of benzene rings is 2. The van der Waals surface area contributed by atoms with Gasteiger partial charge in [0, 0.05) is 31.7 Å². The van der Waals surface area contributed by atoms with Crippen LogP contribution < -0.4 is 14.4 Å². The van der Waals surface area contributed by atoms with Crippen LogP contribution in [0.15, 0.2) is 41.3 Å². The van der Waals surface area contributed by atoms with Gasteiger partial charge < -0.3 is 14.4 Å². The van der Waals surface area contributed by atoms with E-state index in [9.17, 15) is 13.2 Å². The summed E-state index contributed by atoms with van der Waals surface area (Å²) in [5.41, 5.74) is 1.02. The van der Waals surface area contributed by atoms with E-state index in [2.05, 4.69) is 6.92 Å². The quantitative estimate of drug-likeness (QED) is 0.401. The summed E-state index contributed by atoms with van der Waals surface area (Å²) in [6.07, 6.45) is 1.71. The number of hydrogen-bond donors (Lipinski definition) is 0. The van der Waals surface area contributed by atoms with Crippen LogP contribution in [0.25, 0.3) is 10.2 Å². The average Bonchev–Trinajstić information content (AvgIpc) is 3.33. The van der Waals surface area contributed by atoms with Crippen LogP contribution in [0.5, 0.6) is 11.5 Å². The monoisotopic (exact) mass is 546 g/mol. The number of fused-ring (bicyclic) bond motifs is 1. The van der Waals surface area contributed by atoms with Crippen molar-refractivity contribution in [3.05, 3.63) is 42.0 Å². The Labute approximate surface area is 222 Å². The lowest BCUT2D eigenvalue weighted by atomic mass is 10.0. The number of piperidine rings is 1. The Bertz CT molecular complexity index is 1310. The number of amides is 1. The topological polar surface area (TPSA) is 92.3 Å². The van der Waals surface area contributed by atoms with E-state index < -0.39 is 10.0 Å². The van der Waals surface area contributed by atoms with Crippen LogP contribution in [0.1, 0.15) is 30.1 Å². The zero-order valence-corrected chi connectivity index (χ0v) is 23.6. The first-order valence-electron chi connectivity index (χ1n) is 12.2. The van der Waals surface area contributed by atoms with Crippen molar-refractivity contribution in [1.82, 2.24) is 14.2 Å². The van der Waals surface area contributed by atoms with E-state index in [-0.39, 0.29) is 10.8 Å². The normalized spacial score (nSPS) is 15.3. The molecule has 2 heterocycles. The van der Waals surface area contributed by atoms with Gasteiger partial charge in [-0.25, -0.2) is 13.4 Å². The Morgan fingerprint density at radius 2 is 1.65 bits per heavy atom. The fourth-order valence-electron chi connectivity index (χ4n) is 4.27. The first-order valence-corrected chi connectivity index (χ1v) is 14.5. The fourth-order valence-corrected chi connectivity index (χ4v) is 6.84. The van der Waals surface area contributed by atoms with Gasteiger partial charge in [-0.1, -0.05) is 18.3 Å². The van der Waals surface area contributed by atoms with Gasteiger partial charge in [0.2, 0.25) is 10.0 Å². The lowest BCUT2D eigenvalue weighted by Gasteiger charge is -2.29. The minimum atomic E-state index is -3.59. The van der Waals surface area contributed by atoms with Crippen molar-refractivity contribution < 1.29 is 22.7 Å². The van der Waals surface area contributed by atoms with Gasteiger partial charge in [-0.15, -0.1) is 0 Å². The summed E-state index contributed by atoms with van der Waals surface area (Å²) in [6.45, 7) is 4.21. The number of carbonyl (C=O) groups excluding carboxylic acids is 1. The van der Waals surface area contributed by atoms with Gasteiger partial charge in [0.25, 0.3) is 5.91 Å². The van der Waals surface area contributed by atoms with E-state index in [1.54, 1.807) is 37.3 Å². The van der Waals surface area contributed by atoms with Crippen molar-refractivity contribution in [1.29, 1.82) is 0 Å². The minimum Gasteiger partial charge on any atom is -0.495 e. The number of anilines is 1.